The van der Waals surface area contributed by atoms with E-state index in [2.05, 4.69) is 13.8 Å². The van der Waals surface area contributed by atoms with Crippen LogP contribution in [0.5, 0.6) is 0 Å². The number of rotatable bonds is 10. The minimum atomic E-state index is -4.39. The molecule has 0 saturated carbocycles. The largest absolute Gasteiger partial charge is 0.469 e. The molecule has 0 rings (SSSR count). The van der Waals surface area contributed by atoms with Crippen molar-refractivity contribution in [3.63, 3.8) is 0 Å². The quantitative estimate of drug-likeness (QED) is 0.591. The lowest BCUT2D eigenvalue weighted by Gasteiger charge is -2.29. The number of hydrogen-bond acceptors (Lipinski definition) is 2. The Kier molecular flexibility index (Phi) is 9.14. The van der Waals surface area contributed by atoms with Gasteiger partial charge in [0.1, 0.15) is 0 Å². The maximum absolute atomic E-state index is 11.1. The van der Waals surface area contributed by atoms with Crippen molar-refractivity contribution in [2.75, 3.05) is 0 Å². The van der Waals surface area contributed by atoms with Crippen molar-refractivity contribution >= 4 is 7.82 Å². The molecule has 0 aromatic heterocycles. The van der Waals surface area contributed by atoms with Gasteiger partial charge in [0.05, 0.1) is 6.10 Å². The van der Waals surface area contributed by atoms with Gasteiger partial charge in [-0.1, -0.05) is 53.4 Å². The lowest BCUT2D eigenvalue weighted by Crippen LogP contribution is -2.28. The second kappa shape index (κ2) is 9.08. The molecule has 0 heterocycles. The fourth-order valence-corrected chi connectivity index (χ4v) is 3.04. The third-order valence-electron chi connectivity index (χ3n) is 3.41. The smallest absolute Gasteiger partial charge is 0.303 e. The monoisotopic (exact) mass is 280 g/mol. The maximum atomic E-state index is 11.1. The van der Waals surface area contributed by atoms with E-state index in [4.69, 9.17) is 14.3 Å². The van der Waals surface area contributed by atoms with Crippen molar-refractivity contribution in [1.29, 1.82) is 0 Å². The fraction of sp³-hybridized carbons (Fsp3) is 1.00. The zero-order valence-electron chi connectivity index (χ0n) is 12.1. The van der Waals surface area contributed by atoms with Gasteiger partial charge < -0.3 is 9.79 Å². The predicted molar refractivity (Wildman–Crippen MR) is 74.3 cm³/mol. The van der Waals surface area contributed by atoms with Crippen LogP contribution < -0.4 is 0 Å². The van der Waals surface area contributed by atoms with Crippen LogP contribution in [0.4, 0.5) is 0 Å². The molecule has 5 heteroatoms. The number of unbranched alkanes of at least 4 members (excludes halogenated alkanes) is 2. The predicted octanol–water partition coefficient (Wildman–Crippen LogP) is 4.12. The van der Waals surface area contributed by atoms with Crippen LogP contribution in [0.15, 0.2) is 0 Å². The minimum Gasteiger partial charge on any atom is -0.303 e. The summed E-state index contributed by atoms with van der Waals surface area (Å²) in [6, 6.07) is 0. The fourth-order valence-electron chi connectivity index (χ4n) is 2.31. The van der Waals surface area contributed by atoms with Crippen LogP contribution in [0, 0.1) is 11.8 Å². The molecule has 0 aliphatic rings. The van der Waals surface area contributed by atoms with E-state index in [1.807, 2.05) is 13.8 Å². The molecule has 0 aromatic rings. The van der Waals surface area contributed by atoms with Crippen LogP contribution >= 0.6 is 7.82 Å². The van der Waals surface area contributed by atoms with E-state index in [1.165, 1.54) is 0 Å². The second-order valence-electron chi connectivity index (χ2n) is 5.30. The van der Waals surface area contributed by atoms with Gasteiger partial charge in [-0.3, -0.25) is 4.52 Å². The average molecular weight is 280 g/mol. The molecule has 0 bridgehead atoms. The van der Waals surface area contributed by atoms with Gasteiger partial charge in [-0.2, -0.15) is 0 Å². The summed E-state index contributed by atoms with van der Waals surface area (Å²) in [6.45, 7) is 8.29. The van der Waals surface area contributed by atoms with Crippen molar-refractivity contribution in [3.8, 4) is 0 Å². The average Bonchev–Trinajstić information content (AvgIpc) is 2.28. The van der Waals surface area contributed by atoms with Gasteiger partial charge in [0.15, 0.2) is 0 Å². The van der Waals surface area contributed by atoms with Crippen LogP contribution in [-0.2, 0) is 9.09 Å². The first-order valence-electron chi connectivity index (χ1n) is 7.05. The zero-order chi connectivity index (χ0) is 14.2. The van der Waals surface area contributed by atoms with Gasteiger partial charge in [-0.15, -0.1) is 0 Å². The molecule has 0 amide bonds. The normalized spacial score (nSPS) is 17.4. The highest BCUT2D eigenvalue weighted by molar-refractivity contribution is 7.46. The lowest BCUT2D eigenvalue weighted by atomic mass is 9.87. The first-order valence-corrected chi connectivity index (χ1v) is 8.58. The van der Waals surface area contributed by atoms with E-state index in [0.29, 0.717) is 0 Å². The molecular weight excluding hydrogens is 251 g/mol. The standard InChI is InChI=1S/C13H29O4P/c1-5-7-9-11(3)13(17-18(14,15)16)12(4)10-8-6-2/h11-13H,5-10H2,1-4H3,(H2,14,15,16). The Morgan fingerprint density at radius 3 is 1.67 bits per heavy atom. The summed E-state index contributed by atoms with van der Waals surface area (Å²) in [5, 5.41) is 0. The molecule has 0 aromatic carbocycles. The molecule has 2 unspecified atom stereocenters. The molecule has 0 fully saturated rings. The van der Waals surface area contributed by atoms with E-state index in [9.17, 15) is 4.57 Å². The van der Waals surface area contributed by atoms with Crippen LogP contribution in [0.1, 0.15) is 66.2 Å². The Morgan fingerprint density at radius 2 is 1.39 bits per heavy atom. The summed E-state index contributed by atoms with van der Waals surface area (Å²) in [5.41, 5.74) is 0. The minimum absolute atomic E-state index is 0.185. The summed E-state index contributed by atoms with van der Waals surface area (Å²) in [7, 11) is -4.39. The van der Waals surface area contributed by atoms with Gasteiger partial charge >= 0.3 is 7.82 Å². The Bertz CT molecular complexity index is 237. The zero-order valence-corrected chi connectivity index (χ0v) is 13.0. The first-order chi connectivity index (χ1) is 8.31. The Balaban J connectivity index is 4.54. The van der Waals surface area contributed by atoms with Gasteiger partial charge in [-0.25, -0.2) is 4.57 Å². The second-order valence-corrected chi connectivity index (χ2v) is 6.49. The van der Waals surface area contributed by atoms with E-state index in [-0.39, 0.29) is 17.9 Å². The topological polar surface area (TPSA) is 66.8 Å². The molecular formula is C13H29O4P. The summed E-state index contributed by atoms with van der Waals surface area (Å²) in [6.07, 6.45) is 5.90. The molecule has 0 aliphatic heterocycles. The van der Waals surface area contributed by atoms with Crippen LogP contribution in [0.3, 0.4) is 0 Å². The van der Waals surface area contributed by atoms with Crippen molar-refractivity contribution in [3.05, 3.63) is 0 Å². The third kappa shape index (κ3) is 8.25. The molecule has 4 nitrogen and oxygen atoms in total. The van der Waals surface area contributed by atoms with Gasteiger partial charge in [0.2, 0.25) is 0 Å². The van der Waals surface area contributed by atoms with Gasteiger partial charge in [0.25, 0.3) is 0 Å². The highest BCUT2D eigenvalue weighted by atomic mass is 31.2. The van der Waals surface area contributed by atoms with Crippen LogP contribution in [-0.4, -0.2) is 15.9 Å². The summed E-state index contributed by atoms with van der Waals surface area (Å²) >= 11 is 0. The molecule has 2 atom stereocenters. The molecule has 0 radical (unpaired) electrons. The summed E-state index contributed by atoms with van der Waals surface area (Å²) in [4.78, 5) is 18.1. The molecule has 0 saturated heterocycles. The Hall–Kier alpha value is 0.110. The Morgan fingerprint density at radius 1 is 1.00 bits per heavy atom. The first kappa shape index (κ1) is 18.1. The van der Waals surface area contributed by atoms with Gasteiger partial charge in [0, 0.05) is 0 Å². The van der Waals surface area contributed by atoms with E-state index in [0.717, 1.165) is 38.5 Å². The summed E-state index contributed by atoms with van der Waals surface area (Å²) < 4.78 is 16.1. The molecule has 0 aliphatic carbocycles. The van der Waals surface area contributed by atoms with Crippen molar-refractivity contribution < 1.29 is 18.9 Å². The van der Waals surface area contributed by atoms with Crippen molar-refractivity contribution in [2.24, 2.45) is 11.8 Å². The number of phosphoric acid groups is 1. The molecule has 2 N–H and O–H groups in total. The molecule has 0 spiro atoms. The van der Waals surface area contributed by atoms with Gasteiger partial charge in [-0.05, 0) is 24.7 Å². The van der Waals surface area contributed by atoms with E-state index >= 15 is 0 Å². The highest BCUT2D eigenvalue weighted by Crippen LogP contribution is 2.42. The maximum Gasteiger partial charge on any atom is 0.469 e. The molecule has 18 heavy (non-hydrogen) atoms. The number of hydrogen-bond donors (Lipinski definition) is 2. The number of phosphoric ester groups is 1. The van der Waals surface area contributed by atoms with Crippen LogP contribution in [0.25, 0.3) is 0 Å². The van der Waals surface area contributed by atoms with Crippen molar-refractivity contribution in [2.45, 2.75) is 72.3 Å². The Labute approximate surface area is 111 Å². The highest BCUT2D eigenvalue weighted by Gasteiger charge is 2.30. The van der Waals surface area contributed by atoms with Crippen LogP contribution in [0.2, 0.25) is 0 Å². The summed E-state index contributed by atoms with van der Waals surface area (Å²) in [5.74, 6) is 0.369. The molecule has 110 valence electrons. The van der Waals surface area contributed by atoms with Crippen molar-refractivity contribution in [1.82, 2.24) is 0 Å². The third-order valence-corrected chi connectivity index (χ3v) is 3.92. The SMILES string of the molecule is CCCCC(C)C(OP(=O)(O)O)C(C)CCCC. The van der Waals surface area contributed by atoms with E-state index < -0.39 is 7.82 Å². The lowest BCUT2D eigenvalue weighted by molar-refractivity contribution is 0.0469. The van der Waals surface area contributed by atoms with E-state index in [1.54, 1.807) is 0 Å².